The van der Waals surface area contributed by atoms with E-state index in [9.17, 15) is 18.7 Å². The first-order valence-electron chi connectivity index (χ1n) is 12.1. The van der Waals surface area contributed by atoms with E-state index in [2.05, 4.69) is 29.7 Å². The van der Waals surface area contributed by atoms with Crippen molar-refractivity contribution in [1.82, 2.24) is 10.6 Å². The van der Waals surface area contributed by atoms with Crippen LogP contribution in [0, 0.1) is 11.6 Å². The summed E-state index contributed by atoms with van der Waals surface area (Å²) in [5, 5.41) is 20.1. The van der Waals surface area contributed by atoms with Gasteiger partial charge >= 0.3 is 0 Å². The van der Waals surface area contributed by atoms with Crippen LogP contribution in [0.15, 0.2) is 72.1 Å². The van der Waals surface area contributed by atoms with Crippen molar-refractivity contribution >= 4 is 27.3 Å². The molecule has 36 heavy (non-hydrogen) atoms. The number of fused-ring (bicyclic) bond motifs is 1. The summed E-state index contributed by atoms with van der Waals surface area (Å²) in [6.45, 7) is 2.86. The van der Waals surface area contributed by atoms with Gasteiger partial charge in [0.15, 0.2) is 0 Å². The number of rotatable bonds is 11. The minimum Gasteiger partial charge on any atom is -0.390 e. The highest BCUT2D eigenvalue weighted by atomic mass is 32.1. The summed E-state index contributed by atoms with van der Waals surface area (Å²) in [6.07, 6.45) is 0.212. The second kappa shape index (κ2) is 12.2. The summed E-state index contributed by atoms with van der Waals surface area (Å²) in [5.41, 5.74) is 3.59. The lowest BCUT2D eigenvalue weighted by Crippen LogP contribution is -2.49. The number of carbonyl (C=O) groups excluding carboxylic acids is 1. The van der Waals surface area contributed by atoms with Gasteiger partial charge in [-0.25, -0.2) is 8.78 Å². The number of aliphatic hydroxyl groups excluding tert-OH is 1. The molecule has 0 saturated heterocycles. The molecule has 1 aromatic heterocycles. The Bertz CT molecular complexity index is 1300. The lowest BCUT2D eigenvalue weighted by atomic mass is 9.99. The maximum atomic E-state index is 13.8. The van der Waals surface area contributed by atoms with E-state index in [0.717, 1.165) is 33.7 Å². The highest BCUT2D eigenvalue weighted by Gasteiger charge is 2.23. The highest BCUT2D eigenvalue weighted by Crippen LogP contribution is 2.24. The van der Waals surface area contributed by atoms with Crippen molar-refractivity contribution in [2.45, 2.75) is 44.9 Å². The normalized spacial score (nSPS) is 13.0. The topological polar surface area (TPSA) is 61.4 Å². The maximum Gasteiger partial charge on any atom is 0.224 e. The van der Waals surface area contributed by atoms with Crippen molar-refractivity contribution in [2.24, 2.45) is 0 Å². The fourth-order valence-electron chi connectivity index (χ4n) is 4.37. The van der Waals surface area contributed by atoms with Gasteiger partial charge in [0, 0.05) is 23.9 Å². The zero-order valence-corrected chi connectivity index (χ0v) is 21.0. The van der Waals surface area contributed by atoms with Gasteiger partial charge in [-0.2, -0.15) is 0 Å². The summed E-state index contributed by atoms with van der Waals surface area (Å²) in [4.78, 5) is 13.0. The molecule has 2 atom stereocenters. The van der Waals surface area contributed by atoms with E-state index in [1.807, 2.05) is 41.8 Å². The monoisotopic (exact) mass is 508 g/mol. The van der Waals surface area contributed by atoms with E-state index in [0.29, 0.717) is 12.1 Å². The van der Waals surface area contributed by atoms with Crippen LogP contribution in [0.4, 0.5) is 8.78 Å². The van der Waals surface area contributed by atoms with Gasteiger partial charge in [-0.15, -0.1) is 11.3 Å². The molecule has 1 heterocycles. The summed E-state index contributed by atoms with van der Waals surface area (Å²) in [7, 11) is 0. The Labute approximate surface area is 214 Å². The van der Waals surface area contributed by atoms with Gasteiger partial charge < -0.3 is 15.7 Å². The number of aryl methyl sites for hydroxylation is 1. The first kappa shape index (κ1) is 25.9. The molecule has 0 radical (unpaired) electrons. The molecule has 188 valence electrons. The number of benzene rings is 3. The van der Waals surface area contributed by atoms with Crippen LogP contribution in [0.3, 0.4) is 0 Å². The van der Waals surface area contributed by atoms with Crippen molar-refractivity contribution in [3.05, 3.63) is 106 Å². The summed E-state index contributed by atoms with van der Waals surface area (Å²) >= 11 is 1.61. The molecule has 4 aromatic rings. The van der Waals surface area contributed by atoms with Gasteiger partial charge in [0.05, 0.1) is 18.6 Å². The second-order valence-corrected chi connectivity index (χ2v) is 9.90. The second-order valence-electron chi connectivity index (χ2n) is 8.95. The Morgan fingerprint density at radius 2 is 1.72 bits per heavy atom. The van der Waals surface area contributed by atoms with E-state index in [1.54, 1.807) is 11.3 Å². The van der Waals surface area contributed by atoms with Crippen molar-refractivity contribution < 1.29 is 18.7 Å². The quantitative estimate of drug-likeness (QED) is 0.262. The number of thiophene rings is 1. The molecular weight excluding hydrogens is 478 g/mol. The molecule has 0 aliphatic rings. The zero-order valence-electron chi connectivity index (χ0n) is 20.1. The van der Waals surface area contributed by atoms with Crippen molar-refractivity contribution in [2.75, 3.05) is 6.54 Å². The Morgan fingerprint density at radius 1 is 0.972 bits per heavy atom. The lowest BCUT2D eigenvalue weighted by molar-refractivity contribution is -0.122. The summed E-state index contributed by atoms with van der Waals surface area (Å²) in [5.74, 6) is -1.64. The number of carbonyl (C=O) groups is 1. The SMILES string of the molecule is CCc1cccc(CNC[C@H](O)[C@H](Cc2cc(F)cc(F)c2)NC(=O)Cc2cccc3sccc23)c1. The molecule has 3 aromatic carbocycles. The summed E-state index contributed by atoms with van der Waals surface area (Å²) < 4.78 is 28.7. The molecule has 0 spiro atoms. The predicted octanol–water partition coefficient (Wildman–Crippen LogP) is 5.16. The maximum absolute atomic E-state index is 13.8. The third-order valence-corrected chi connectivity index (χ3v) is 7.09. The van der Waals surface area contributed by atoms with Crippen LogP contribution in [-0.4, -0.2) is 29.7 Å². The molecule has 4 nitrogen and oxygen atoms in total. The zero-order chi connectivity index (χ0) is 25.5. The third kappa shape index (κ3) is 6.97. The molecule has 0 aliphatic heterocycles. The molecule has 0 aliphatic carbocycles. The van der Waals surface area contributed by atoms with Crippen molar-refractivity contribution in [3.63, 3.8) is 0 Å². The Balaban J connectivity index is 1.44. The molecular formula is C29H30F2N2O2S. The van der Waals surface area contributed by atoms with Crippen LogP contribution in [0.2, 0.25) is 0 Å². The Kier molecular flexibility index (Phi) is 8.80. The number of hydrogen-bond acceptors (Lipinski definition) is 4. The molecule has 7 heteroatoms. The smallest absolute Gasteiger partial charge is 0.224 e. The number of hydrogen-bond donors (Lipinski definition) is 3. The van der Waals surface area contributed by atoms with Gasteiger partial charge in [-0.1, -0.05) is 43.3 Å². The molecule has 0 unspecified atom stereocenters. The fourth-order valence-corrected chi connectivity index (χ4v) is 5.21. The van der Waals surface area contributed by atoms with Crippen molar-refractivity contribution in [3.8, 4) is 0 Å². The largest absolute Gasteiger partial charge is 0.390 e. The van der Waals surface area contributed by atoms with Crippen LogP contribution < -0.4 is 10.6 Å². The molecule has 0 fully saturated rings. The number of nitrogens with one attached hydrogen (secondary N) is 2. The highest BCUT2D eigenvalue weighted by molar-refractivity contribution is 7.17. The van der Waals surface area contributed by atoms with E-state index in [-0.39, 0.29) is 25.3 Å². The Hall–Kier alpha value is -3.13. The number of amides is 1. The first-order valence-corrected chi connectivity index (χ1v) is 12.9. The molecule has 0 bridgehead atoms. The van der Waals surface area contributed by atoms with Crippen LogP contribution >= 0.6 is 11.3 Å². The van der Waals surface area contributed by atoms with E-state index >= 15 is 0 Å². The van der Waals surface area contributed by atoms with Crippen LogP contribution in [0.5, 0.6) is 0 Å². The minimum absolute atomic E-state index is 0.0945. The van der Waals surface area contributed by atoms with Gasteiger partial charge in [-0.3, -0.25) is 4.79 Å². The number of halogens is 2. The first-order chi connectivity index (χ1) is 17.4. The van der Waals surface area contributed by atoms with Gasteiger partial charge in [0.2, 0.25) is 5.91 Å². The standard InChI is InChI=1S/C29H30F2N2O2S/c1-2-19-5-3-6-20(11-19)17-32-18-27(34)26(14-21-12-23(30)16-24(31)13-21)33-29(35)15-22-7-4-8-28-25(22)9-10-36-28/h3-13,16,26-27,32,34H,2,14-15,17-18H2,1H3,(H,33,35)/t26-,27-/m0/s1. The average Bonchev–Trinajstić information content (AvgIpc) is 3.33. The van der Waals surface area contributed by atoms with E-state index in [1.165, 1.54) is 17.7 Å². The van der Waals surface area contributed by atoms with Crippen LogP contribution in [0.1, 0.15) is 29.2 Å². The molecule has 0 saturated carbocycles. The predicted molar refractivity (Wildman–Crippen MR) is 141 cm³/mol. The van der Waals surface area contributed by atoms with Gasteiger partial charge in [0.25, 0.3) is 0 Å². The number of aliphatic hydroxyl groups is 1. The van der Waals surface area contributed by atoms with Crippen LogP contribution in [-0.2, 0) is 30.6 Å². The minimum atomic E-state index is -0.966. The average molecular weight is 509 g/mol. The van der Waals surface area contributed by atoms with E-state index in [4.69, 9.17) is 0 Å². The molecule has 4 rings (SSSR count). The molecule has 3 N–H and O–H groups in total. The van der Waals surface area contributed by atoms with Gasteiger partial charge in [0.1, 0.15) is 11.6 Å². The lowest BCUT2D eigenvalue weighted by Gasteiger charge is -2.25. The third-order valence-electron chi connectivity index (χ3n) is 6.21. The van der Waals surface area contributed by atoms with Crippen molar-refractivity contribution in [1.29, 1.82) is 0 Å². The summed E-state index contributed by atoms with van der Waals surface area (Å²) in [6, 6.07) is 18.6. The van der Waals surface area contributed by atoms with Crippen LogP contribution in [0.25, 0.3) is 10.1 Å². The van der Waals surface area contributed by atoms with E-state index < -0.39 is 23.8 Å². The Morgan fingerprint density at radius 3 is 2.50 bits per heavy atom. The molecule has 1 amide bonds. The van der Waals surface area contributed by atoms with Gasteiger partial charge in [-0.05, 0) is 70.1 Å². The fraction of sp³-hybridized carbons (Fsp3) is 0.276.